The Hall–Kier alpha value is -0.940. The molecule has 2 heterocycles. The molecule has 1 aromatic rings. The second-order valence-corrected chi connectivity index (χ2v) is 7.99. The number of nitrogen functional groups attached to an aromatic ring is 1. The molecule has 0 aromatic carbocycles. The van der Waals surface area contributed by atoms with E-state index in [1.165, 1.54) is 14.1 Å². The molecule has 0 amide bonds. The minimum atomic E-state index is -3.67. The first-order chi connectivity index (χ1) is 9.77. The normalized spacial score (nSPS) is 23.8. The van der Waals surface area contributed by atoms with Gasteiger partial charge in [-0.15, -0.1) is 0 Å². The van der Waals surface area contributed by atoms with E-state index in [0.717, 1.165) is 15.8 Å². The second-order valence-electron chi connectivity index (χ2n) is 5.15. The van der Waals surface area contributed by atoms with Crippen LogP contribution in [-0.4, -0.2) is 68.2 Å². The first kappa shape index (κ1) is 16.4. The zero-order valence-corrected chi connectivity index (χ0v) is 13.8. The number of anilines is 2. The lowest BCUT2D eigenvalue weighted by atomic mass is 10.2. The van der Waals surface area contributed by atoms with Crippen LogP contribution >= 0.6 is 11.5 Å². The smallest absolute Gasteiger partial charge is 0.249 e. The van der Waals surface area contributed by atoms with E-state index < -0.39 is 10.0 Å². The van der Waals surface area contributed by atoms with Crippen molar-refractivity contribution < 1.29 is 18.3 Å². The van der Waals surface area contributed by atoms with Gasteiger partial charge in [0.25, 0.3) is 0 Å². The molecule has 2 atom stereocenters. The molecule has 120 valence electrons. The zero-order chi connectivity index (χ0) is 15.8. The highest BCUT2D eigenvalue weighted by Gasteiger charge is 2.34. The summed E-state index contributed by atoms with van der Waals surface area (Å²) in [6, 6.07) is 0. The van der Waals surface area contributed by atoms with E-state index in [-0.39, 0.29) is 29.5 Å². The van der Waals surface area contributed by atoms with Gasteiger partial charge in [0, 0.05) is 27.2 Å². The predicted molar refractivity (Wildman–Crippen MR) is 81.0 cm³/mol. The summed E-state index contributed by atoms with van der Waals surface area (Å²) in [4.78, 5) is 1.89. The highest BCUT2D eigenvalue weighted by Crippen LogP contribution is 2.37. The molecule has 1 aromatic heterocycles. The van der Waals surface area contributed by atoms with Gasteiger partial charge in [-0.3, -0.25) is 0 Å². The molecule has 0 spiro atoms. The lowest BCUT2D eigenvalue weighted by Gasteiger charge is -2.36. The van der Waals surface area contributed by atoms with Crippen molar-refractivity contribution in [2.24, 2.45) is 0 Å². The van der Waals surface area contributed by atoms with E-state index in [1.54, 1.807) is 0 Å². The fourth-order valence-electron chi connectivity index (χ4n) is 2.22. The molecule has 1 aliphatic heterocycles. The molecule has 8 nitrogen and oxygen atoms in total. The van der Waals surface area contributed by atoms with E-state index >= 15 is 0 Å². The largest absolute Gasteiger partial charge is 0.394 e. The average molecular weight is 336 g/mol. The third-order valence-corrected chi connectivity index (χ3v) is 6.15. The molecule has 2 rings (SSSR count). The summed E-state index contributed by atoms with van der Waals surface area (Å²) in [5, 5.41) is 9.78. The maximum Gasteiger partial charge on any atom is 0.249 e. The van der Waals surface area contributed by atoms with Gasteiger partial charge < -0.3 is 20.5 Å². The minimum Gasteiger partial charge on any atom is -0.394 e. The molecule has 2 unspecified atom stereocenters. The highest BCUT2D eigenvalue weighted by molar-refractivity contribution is 7.89. The van der Waals surface area contributed by atoms with Crippen LogP contribution in [0.3, 0.4) is 0 Å². The number of hydrogen-bond acceptors (Lipinski definition) is 8. The monoisotopic (exact) mass is 336 g/mol. The van der Waals surface area contributed by atoms with Gasteiger partial charge >= 0.3 is 0 Å². The van der Waals surface area contributed by atoms with Crippen molar-refractivity contribution in [2.45, 2.75) is 24.0 Å². The maximum atomic E-state index is 12.4. The van der Waals surface area contributed by atoms with E-state index in [9.17, 15) is 13.5 Å². The Bertz CT molecular complexity index is 601. The van der Waals surface area contributed by atoms with Crippen LogP contribution in [0.2, 0.25) is 0 Å². The van der Waals surface area contributed by atoms with Gasteiger partial charge in [-0.1, -0.05) is 0 Å². The number of rotatable bonds is 4. The molecule has 0 radical (unpaired) electrons. The van der Waals surface area contributed by atoms with Crippen molar-refractivity contribution in [1.29, 1.82) is 0 Å². The van der Waals surface area contributed by atoms with Crippen LogP contribution in [-0.2, 0) is 14.8 Å². The maximum absolute atomic E-state index is 12.4. The molecule has 1 aliphatic rings. The van der Waals surface area contributed by atoms with Crippen LogP contribution < -0.4 is 10.6 Å². The van der Waals surface area contributed by atoms with Crippen LogP contribution in [0.4, 0.5) is 10.8 Å². The van der Waals surface area contributed by atoms with Gasteiger partial charge in [0.15, 0.2) is 10.7 Å². The number of nitrogens with zero attached hydrogens (tertiary/aromatic N) is 3. The van der Waals surface area contributed by atoms with Crippen LogP contribution in [0, 0.1) is 0 Å². The van der Waals surface area contributed by atoms with Crippen molar-refractivity contribution in [3.8, 4) is 0 Å². The Morgan fingerprint density at radius 1 is 1.52 bits per heavy atom. The Labute approximate surface area is 128 Å². The number of hydrogen-bond donors (Lipinski definition) is 2. The van der Waals surface area contributed by atoms with Gasteiger partial charge in [0.1, 0.15) is 5.00 Å². The molecule has 10 heteroatoms. The fourth-order valence-corrected chi connectivity index (χ4v) is 4.46. The van der Waals surface area contributed by atoms with Crippen LogP contribution in [0.25, 0.3) is 0 Å². The van der Waals surface area contributed by atoms with Crippen LogP contribution in [0.15, 0.2) is 4.90 Å². The average Bonchev–Trinajstić information content (AvgIpc) is 2.80. The van der Waals surface area contributed by atoms with E-state index in [0.29, 0.717) is 18.1 Å². The summed E-state index contributed by atoms with van der Waals surface area (Å²) in [6.45, 7) is 2.68. The molecule has 0 saturated carbocycles. The van der Waals surface area contributed by atoms with E-state index in [4.69, 9.17) is 10.5 Å². The third-order valence-electron chi connectivity index (χ3n) is 3.21. The second kappa shape index (κ2) is 6.05. The van der Waals surface area contributed by atoms with Gasteiger partial charge in [0.05, 0.1) is 18.8 Å². The Morgan fingerprint density at radius 2 is 2.19 bits per heavy atom. The Balaban J connectivity index is 2.42. The summed E-state index contributed by atoms with van der Waals surface area (Å²) in [5.41, 5.74) is 5.76. The lowest BCUT2D eigenvalue weighted by Crippen LogP contribution is -2.48. The molecular formula is C11H20N4O4S2. The Kier molecular flexibility index (Phi) is 4.73. The van der Waals surface area contributed by atoms with Gasteiger partial charge in [-0.2, -0.15) is 4.37 Å². The molecule has 1 fully saturated rings. The van der Waals surface area contributed by atoms with Crippen molar-refractivity contribution in [3.63, 3.8) is 0 Å². The molecule has 0 aliphatic carbocycles. The Morgan fingerprint density at radius 3 is 2.76 bits per heavy atom. The molecule has 21 heavy (non-hydrogen) atoms. The highest BCUT2D eigenvalue weighted by atomic mass is 32.2. The van der Waals surface area contributed by atoms with Crippen LogP contribution in [0.5, 0.6) is 0 Å². The van der Waals surface area contributed by atoms with E-state index in [1.807, 2.05) is 11.8 Å². The van der Waals surface area contributed by atoms with Crippen molar-refractivity contribution in [3.05, 3.63) is 0 Å². The van der Waals surface area contributed by atoms with Gasteiger partial charge in [0.2, 0.25) is 10.0 Å². The topological polar surface area (TPSA) is 109 Å². The summed E-state index contributed by atoms with van der Waals surface area (Å²) in [5.74, 6) is 0.00314. The summed E-state index contributed by atoms with van der Waals surface area (Å²) < 4.78 is 35.5. The minimum absolute atomic E-state index is 0.00314. The SMILES string of the molecule is CC1CN(c2snc(N)c2S(=O)(=O)N(C)C)CC(CO)O1. The van der Waals surface area contributed by atoms with Crippen molar-refractivity contribution >= 4 is 32.4 Å². The first-order valence-corrected chi connectivity index (χ1v) is 8.67. The summed E-state index contributed by atoms with van der Waals surface area (Å²) in [6.07, 6.45) is -0.471. The standard InChI is InChI=1S/C11H20N4O4S2/c1-7-4-15(5-8(6-16)19-7)11-9(10(12)13-20-11)21(17,18)14(2)3/h7-8,16H,4-6H2,1-3H3,(H2,12,13). The van der Waals surface area contributed by atoms with Crippen molar-refractivity contribution in [2.75, 3.05) is 44.4 Å². The number of aliphatic hydroxyl groups excluding tert-OH is 1. The predicted octanol–water partition coefficient (Wildman–Crippen LogP) is -0.438. The molecule has 1 saturated heterocycles. The fraction of sp³-hybridized carbons (Fsp3) is 0.727. The van der Waals surface area contributed by atoms with E-state index in [2.05, 4.69) is 4.37 Å². The number of aromatic nitrogens is 1. The first-order valence-electron chi connectivity index (χ1n) is 6.46. The molecule has 3 N–H and O–H groups in total. The third kappa shape index (κ3) is 3.14. The number of morpholine rings is 1. The quantitative estimate of drug-likeness (QED) is 0.767. The number of aliphatic hydroxyl groups is 1. The number of nitrogens with two attached hydrogens (primary N) is 1. The molecular weight excluding hydrogens is 316 g/mol. The summed E-state index contributed by atoms with van der Waals surface area (Å²) >= 11 is 1.05. The lowest BCUT2D eigenvalue weighted by molar-refractivity contribution is -0.0420. The van der Waals surface area contributed by atoms with Crippen LogP contribution in [0.1, 0.15) is 6.92 Å². The van der Waals surface area contributed by atoms with Gasteiger partial charge in [-0.05, 0) is 18.5 Å². The molecule has 0 bridgehead atoms. The number of ether oxygens (including phenoxy) is 1. The van der Waals surface area contributed by atoms with Crippen molar-refractivity contribution in [1.82, 2.24) is 8.68 Å². The van der Waals surface area contributed by atoms with Gasteiger partial charge in [-0.25, -0.2) is 12.7 Å². The summed E-state index contributed by atoms with van der Waals surface area (Å²) in [7, 11) is -0.769. The number of sulfonamides is 1. The zero-order valence-electron chi connectivity index (χ0n) is 12.2.